The highest BCUT2D eigenvalue weighted by atomic mass is 16.5. The maximum Gasteiger partial charge on any atom is 0.308 e. The van der Waals surface area contributed by atoms with Gasteiger partial charge in [0.15, 0.2) is 0 Å². The van der Waals surface area contributed by atoms with Gasteiger partial charge >= 0.3 is 5.97 Å². The van der Waals surface area contributed by atoms with Crippen LogP contribution in [0, 0.1) is 0 Å². The standard InChI is InChI=1S/C22H14O2/c1-13(23)24-20-12-16-11-15-5-2-3-7-17(15)18-10-9-14-6-4-8-19(20)21(14)22(16)18/h2-12H,1H3. The van der Waals surface area contributed by atoms with Gasteiger partial charge < -0.3 is 4.74 Å². The lowest BCUT2D eigenvalue weighted by Crippen LogP contribution is -2.02. The first-order chi connectivity index (χ1) is 11.7. The lowest BCUT2D eigenvalue weighted by Gasteiger charge is -2.15. The molecule has 0 unspecified atom stereocenters. The van der Waals surface area contributed by atoms with Crippen molar-refractivity contribution in [3.8, 4) is 5.75 Å². The second kappa shape index (κ2) is 4.68. The van der Waals surface area contributed by atoms with Crippen molar-refractivity contribution in [2.75, 3.05) is 0 Å². The Kier molecular flexibility index (Phi) is 2.60. The maximum atomic E-state index is 11.5. The first-order valence-corrected chi connectivity index (χ1v) is 8.00. The van der Waals surface area contributed by atoms with Gasteiger partial charge in [-0.25, -0.2) is 0 Å². The van der Waals surface area contributed by atoms with Crippen LogP contribution in [-0.2, 0) is 4.79 Å². The van der Waals surface area contributed by atoms with E-state index >= 15 is 0 Å². The third-order valence-corrected chi connectivity index (χ3v) is 4.70. The van der Waals surface area contributed by atoms with Gasteiger partial charge in [-0.2, -0.15) is 0 Å². The molecular formula is C22H14O2. The molecule has 5 aromatic carbocycles. The van der Waals surface area contributed by atoms with Crippen molar-refractivity contribution in [3.63, 3.8) is 0 Å². The van der Waals surface area contributed by atoms with Gasteiger partial charge in [0, 0.05) is 17.7 Å². The van der Waals surface area contributed by atoms with E-state index in [0.717, 1.165) is 21.5 Å². The van der Waals surface area contributed by atoms with Crippen LogP contribution in [0.4, 0.5) is 0 Å². The molecule has 0 spiro atoms. The molecule has 5 rings (SSSR count). The fraction of sp³-hybridized carbons (Fsp3) is 0.0455. The van der Waals surface area contributed by atoms with Crippen molar-refractivity contribution >= 4 is 49.1 Å². The number of rotatable bonds is 1. The van der Waals surface area contributed by atoms with Gasteiger partial charge in [-0.1, -0.05) is 54.6 Å². The van der Waals surface area contributed by atoms with Crippen LogP contribution in [0.1, 0.15) is 6.92 Å². The minimum absolute atomic E-state index is 0.297. The zero-order chi connectivity index (χ0) is 16.3. The number of esters is 1. The van der Waals surface area contributed by atoms with Crippen molar-refractivity contribution in [2.45, 2.75) is 6.92 Å². The van der Waals surface area contributed by atoms with E-state index in [1.54, 1.807) is 0 Å². The maximum absolute atomic E-state index is 11.5. The molecule has 0 fully saturated rings. The summed E-state index contributed by atoms with van der Waals surface area (Å²) in [5, 5.41) is 9.32. The lowest BCUT2D eigenvalue weighted by atomic mass is 9.90. The number of benzene rings is 5. The van der Waals surface area contributed by atoms with Crippen molar-refractivity contribution in [2.24, 2.45) is 0 Å². The largest absolute Gasteiger partial charge is 0.426 e. The summed E-state index contributed by atoms with van der Waals surface area (Å²) in [5.41, 5.74) is 0. The summed E-state index contributed by atoms with van der Waals surface area (Å²) in [7, 11) is 0. The normalized spacial score (nSPS) is 11.7. The Morgan fingerprint density at radius 1 is 0.708 bits per heavy atom. The van der Waals surface area contributed by atoms with Crippen molar-refractivity contribution in [1.82, 2.24) is 0 Å². The molecule has 5 aromatic rings. The molecule has 0 bridgehead atoms. The van der Waals surface area contributed by atoms with E-state index in [1.807, 2.05) is 24.3 Å². The topological polar surface area (TPSA) is 26.3 Å². The number of carbonyl (C=O) groups excluding carboxylic acids is 1. The summed E-state index contributed by atoms with van der Waals surface area (Å²) in [4.78, 5) is 11.5. The summed E-state index contributed by atoms with van der Waals surface area (Å²) in [5.74, 6) is 0.332. The van der Waals surface area contributed by atoms with Crippen LogP contribution in [0.15, 0.2) is 66.7 Å². The molecular weight excluding hydrogens is 296 g/mol. The van der Waals surface area contributed by atoms with E-state index in [2.05, 4.69) is 42.5 Å². The van der Waals surface area contributed by atoms with Crippen molar-refractivity contribution in [3.05, 3.63) is 66.7 Å². The van der Waals surface area contributed by atoms with Crippen LogP contribution in [-0.4, -0.2) is 5.97 Å². The van der Waals surface area contributed by atoms with E-state index in [9.17, 15) is 4.79 Å². The lowest BCUT2D eigenvalue weighted by molar-refractivity contribution is -0.131. The van der Waals surface area contributed by atoms with E-state index in [-0.39, 0.29) is 5.97 Å². The molecule has 2 heteroatoms. The molecule has 0 heterocycles. The van der Waals surface area contributed by atoms with E-state index in [0.29, 0.717) is 5.75 Å². The van der Waals surface area contributed by atoms with Gasteiger partial charge in [-0.3, -0.25) is 4.79 Å². The van der Waals surface area contributed by atoms with Crippen molar-refractivity contribution in [1.29, 1.82) is 0 Å². The number of hydrogen-bond donors (Lipinski definition) is 0. The monoisotopic (exact) mass is 310 g/mol. The van der Waals surface area contributed by atoms with Gasteiger partial charge in [0.25, 0.3) is 0 Å². The van der Waals surface area contributed by atoms with Crippen LogP contribution in [0.25, 0.3) is 43.1 Å². The molecule has 0 aliphatic carbocycles. The SMILES string of the molecule is CC(=O)Oc1cc2cc3ccccc3c3ccc4cccc1c4c23. The molecule has 0 saturated heterocycles. The molecule has 114 valence electrons. The molecule has 0 atom stereocenters. The third-order valence-electron chi connectivity index (χ3n) is 4.70. The predicted octanol–water partition coefficient (Wildman–Crippen LogP) is 5.66. The Bertz CT molecular complexity index is 1250. The Morgan fingerprint density at radius 2 is 1.46 bits per heavy atom. The van der Waals surface area contributed by atoms with Crippen LogP contribution >= 0.6 is 0 Å². The quantitative estimate of drug-likeness (QED) is 0.173. The van der Waals surface area contributed by atoms with Gasteiger partial charge in [-0.15, -0.1) is 0 Å². The average Bonchev–Trinajstić information content (AvgIpc) is 2.59. The van der Waals surface area contributed by atoms with Crippen LogP contribution in [0.5, 0.6) is 5.75 Å². The number of hydrogen-bond acceptors (Lipinski definition) is 2. The smallest absolute Gasteiger partial charge is 0.308 e. The van der Waals surface area contributed by atoms with Gasteiger partial charge in [0.05, 0.1) is 0 Å². The Balaban J connectivity index is 2.08. The second-order valence-corrected chi connectivity index (χ2v) is 6.18. The molecule has 0 aromatic heterocycles. The third kappa shape index (κ3) is 1.74. The van der Waals surface area contributed by atoms with Gasteiger partial charge in [-0.05, 0) is 44.5 Å². The van der Waals surface area contributed by atoms with E-state index in [4.69, 9.17) is 4.74 Å². The molecule has 0 N–H and O–H groups in total. The average molecular weight is 310 g/mol. The summed E-state index contributed by atoms with van der Waals surface area (Å²) in [6.07, 6.45) is 0. The summed E-state index contributed by atoms with van der Waals surface area (Å²) >= 11 is 0. The number of ether oxygens (including phenoxy) is 1. The second-order valence-electron chi connectivity index (χ2n) is 6.18. The zero-order valence-electron chi connectivity index (χ0n) is 13.2. The van der Waals surface area contributed by atoms with Gasteiger partial charge in [0.2, 0.25) is 0 Å². The fourth-order valence-corrected chi connectivity index (χ4v) is 3.79. The van der Waals surface area contributed by atoms with Crippen LogP contribution < -0.4 is 4.74 Å². The number of carbonyl (C=O) groups is 1. The highest BCUT2D eigenvalue weighted by Gasteiger charge is 2.15. The Labute approximate surface area is 138 Å². The zero-order valence-corrected chi connectivity index (χ0v) is 13.2. The Morgan fingerprint density at radius 3 is 2.33 bits per heavy atom. The summed E-state index contributed by atoms with van der Waals surface area (Å²) < 4.78 is 5.50. The molecule has 0 aliphatic rings. The van der Waals surface area contributed by atoms with Crippen LogP contribution in [0.3, 0.4) is 0 Å². The summed E-state index contributed by atoms with van der Waals surface area (Å²) in [6, 6.07) is 23.0. The molecule has 2 nitrogen and oxygen atoms in total. The van der Waals surface area contributed by atoms with Crippen LogP contribution in [0.2, 0.25) is 0 Å². The first kappa shape index (κ1) is 13.3. The van der Waals surface area contributed by atoms with Crippen molar-refractivity contribution < 1.29 is 9.53 Å². The molecule has 0 saturated carbocycles. The summed E-state index contributed by atoms with van der Waals surface area (Å²) in [6.45, 7) is 1.44. The highest BCUT2D eigenvalue weighted by Crippen LogP contribution is 2.42. The van der Waals surface area contributed by atoms with E-state index < -0.39 is 0 Å². The Hall–Kier alpha value is -3.13. The fourth-order valence-electron chi connectivity index (χ4n) is 3.79. The first-order valence-electron chi connectivity index (χ1n) is 8.00. The highest BCUT2D eigenvalue weighted by molar-refractivity contribution is 6.30. The minimum Gasteiger partial charge on any atom is -0.426 e. The van der Waals surface area contributed by atoms with Gasteiger partial charge in [0.1, 0.15) is 5.75 Å². The molecule has 0 aliphatic heterocycles. The molecule has 0 amide bonds. The predicted molar refractivity (Wildman–Crippen MR) is 99.0 cm³/mol. The molecule has 24 heavy (non-hydrogen) atoms. The minimum atomic E-state index is -0.297. The number of fused-ring (bicyclic) bond motifs is 2. The molecule has 0 radical (unpaired) electrons. The van der Waals surface area contributed by atoms with E-state index in [1.165, 1.54) is 28.5 Å².